The molecule has 0 radical (unpaired) electrons. The minimum atomic E-state index is -0.171. The van der Waals surface area contributed by atoms with Crippen molar-refractivity contribution in [3.05, 3.63) is 53.6 Å². The van der Waals surface area contributed by atoms with Crippen LogP contribution in [0.5, 0.6) is 5.75 Å². The Morgan fingerprint density at radius 3 is 3.00 bits per heavy atom. The van der Waals surface area contributed by atoms with Crippen molar-refractivity contribution in [2.75, 3.05) is 23.9 Å². The lowest BCUT2D eigenvalue weighted by atomic mass is 9.97. The number of piperidine rings is 1. The highest BCUT2D eigenvalue weighted by molar-refractivity contribution is 6.05. The topological polar surface area (TPSA) is 70.7 Å². The number of anilines is 2. The van der Waals surface area contributed by atoms with E-state index < -0.39 is 0 Å². The van der Waals surface area contributed by atoms with Crippen molar-refractivity contribution in [3.8, 4) is 5.75 Å². The van der Waals surface area contributed by atoms with Gasteiger partial charge in [0, 0.05) is 18.7 Å². The summed E-state index contributed by atoms with van der Waals surface area (Å²) in [5, 5.41) is 5.89. The van der Waals surface area contributed by atoms with Crippen molar-refractivity contribution < 1.29 is 14.3 Å². The number of hydrogen-bond donors (Lipinski definition) is 2. The van der Waals surface area contributed by atoms with Gasteiger partial charge in [-0.25, -0.2) is 0 Å². The van der Waals surface area contributed by atoms with Crippen molar-refractivity contribution in [2.45, 2.75) is 31.8 Å². The first kappa shape index (κ1) is 17.4. The molecule has 0 saturated carbocycles. The van der Waals surface area contributed by atoms with Crippen molar-refractivity contribution in [1.82, 2.24) is 5.32 Å². The van der Waals surface area contributed by atoms with Gasteiger partial charge in [0.2, 0.25) is 5.91 Å². The molecule has 2 aliphatic rings. The number of benzene rings is 2. The van der Waals surface area contributed by atoms with Gasteiger partial charge in [-0.15, -0.1) is 0 Å². The van der Waals surface area contributed by atoms with Gasteiger partial charge < -0.3 is 20.3 Å². The summed E-state index contributed by atoms with van der Waals surface area (Å²) in [7, 11) is 1.62. The molecule has 0 bridgehead atoms. The molecule has 2 aromatic rings. The van der Waals surface area contributed by atoms with Crippen molar-refractivity contribution in [3.63, 3.8) is 0 Å². The number of fused-ring (bicyclic) bond motifs is 3. The smallest absolute Gasteiger partial charge is 0.251 e. The normalized spacial score (nSPS) is 18.2. The molecule has 0 unspecified atom stereocenters. The zero-order chi connectivity index (χ0) is 18.8. The monoisotopic (exact) mass is 365 g/mol. The van der Waals surface area contributed by atoms with Crippen LogP contribution in [0.3, 0.4) is 0 Å². The molecule has 2 aliphatic heterocycles. The average Bonchev–Trinajstić information content (AvgIpc) is 2.72. The molecule has 1 saturated heterocycles. The second-order valence-electron chi connectivity index (χ2n) is 6.96. The largest absolute Gasteiger partial charge is 0.497 e. The summed E-state index contributed by atoms with van der Waals surface area (Å²) < 4.78 is 5.20. The van der Waals surface area contributed by atoms with Gasteiger partial charge in [0.1, 0.15) is 11.8 Å². The van der Waals surface area contributed by atoms with Crippen LogP contribution in [0.1, 0.15) is 35.2 Å². The molecule has 1 atom stereocenters. The fraction of sp³-hybridized carbons (Fsp3) is 0.333. The molecule has 140 valence electrons. The average molecular weight is 365 g/mol. The second kappa shape index (κ2) is 7.31. The Hall–Kier alpha value is -3.02. The van der Waals surface area contributed by atoms with Crippen molar-refractivity contribution >= 4 is 23.2 Å². The summed E-state index contributed by atoms with van der Waals surface area (Å²) in [6, 6.07) is 13.0. The molecule has 2 aromatic carbocycles. The number of nitrogens with zero attached hydrogens (tertiary/aromatic N) is 1. The number of rotatable bonds is 4. The van der Waals surface area contributed by atoms with E-state index >= 15 is 0 Å². The zero-order valence-corrected chi connectivity index (χ0v) is 15.3. The van der Waals surface area contributed by atoms with Gasteiger partial charge in [0.25, 0.3) is 5.91 Å². The van der Waals surface area contributed by atoms with E-state index in [0.717, 1.165) is 42.8 Å². The number of amides is 2. The summed E-state index contributed by atoms with van der Waals surface area (Å²) in [4.78, 5) is 27.1. The highest BCUT2D eigenvalue weighted by Crippen LogP contribution is 2.36. The van der Waals surface area contributed by atoms with Crippen LogP contribution in [-0.4, -0.2) is 31.5 Å². The maximum absolute atomic E-state index is 12.6. The van der Waals surface area contributed by atoms with Crippen LogP contribution in [0.4, 0.5) is 11.4 Å². The van der Waals surface area contributed by atoms with Crippen LogP contribution in [0, 0.1) is 0 Å². The molecule has 2 N–H and O–H groups in total. The third-order valence-corrected chi connectivity index (χ3v) is 5.22. The Labute approximate surface area is 158 Å². The second-order valence-corrected chi connectivity index (χ2v) is 6.96. The SMILES string of the molecule is COc1cccc(CNC(=O)c2ccc3c(c2)NC(=O)[C@H]2CCCCN32)c1. The summed E-state index contributed by atoms with van der Waals surface area (Å²) >= 11 is 0. The number of nitrogens with one attached hydrogen (secondary N) is 2. The zero-order valence-electron chi connectivity index (χ0n) is 15.3. The predicted octanol–water partition coefficient (Wildman–Crippen LogP) is 2.94. The molecule has 2 heterocycles. The molecule has 6 nitrogen and oxygen atoms in total. The maximum atomic E-state index is 12.6. The lowest BCUT2D eigenvalue weighted by Gasteiger charge is -2.41. The highest BCUT2D eigenvalue weighted by atomic mass is 16.5. The molecular weight excluding hydrogens is 342 g/mol. The highest BCUT2D eigenvalue weighted by Gasteiger charge is 2.34. The Bertz CT molecular complexity index is 881. The Balaban J connectivity index is 1.49. The van der Waals surface area contributed by atoms with Crippen LogP contribution < -0.4 is 20.3 Å². The summed E-state index contributed by atoms with van der Waals surface area (Å²) in [5.74, 6) is 0.612. The third kappa shape index (κ3) is 3.47. The van der Waals surface area contributed by atoms with Crippen LogP contribution >= 0.6 is 0 Å². The van der Waals surface area contributed by atoms with E-state index in [1.165, 1.54) is 0 Å². The van der Waals surface area contributed by atoms with Gasteiger partial charge in [-0.05, 0) is 55.2 Å². The van der Waals surface area contributed by atoms with Gasteiger partial charge in [-0.1, -0.05) is 12.1 Å². The van der Waals surface area contributed by atoms with E-state index in [0.29, 0.717) is 17.8 Å². The number of hydrogen-bond acceptors (Lipinski definition) is 4. The first-order valence-electron chi connectivity index (χ1n) is 9.28. The molecule has 2 amide bonds. The van der Waals surface area contributed by atoms with Crippen LogP contribution in [0.25, 0.3) is 0 Å². The number of methoxy groups -OCH3 is 1. The Kier molecular flexibility index (Phi) is 4.71. The summed E-state index contributed by atoms with van der Waals surface area (Å²) in [6.45, 7) is 1.29. The predicted molar refractivity (Wildman–Crippen MR) is 104 cm³/mol. The minimum Gasteiger partial charge on any atom is -0.497 e. The van der Waals surface area contributed by atoms with E-state index in [9.17, 15) is 9.59 Å². The fourth-order valence-electron chi connectivity index (χ4n) is 3.80. The first-order valence-corrected chi connectivity index (χ1v) is 9.28. The van der Waals surface area contributed by atoms with Gasteiger partial charge in [0.15, 0.2) is 0 Å². The van der Waals surface area contributed by atoms with E-state index in [-0.39, 0.29) is 17.9 Å². The molecular formula is C21H23N3O3. The van der Waals surface area contributed by atoms with Gasteiger partial charge >= 0.3 is 0 Å². The molecule has 1 fully saturated rings. The van der Waals surface area contributed by atoms with Gasteiger partial charge in [0.05, 0.1) is 18.5 Å². The van der Waals surface area contributed by atoms with E-state index in [2.05, 4.69) is 15.5 Å². The standard InChI is InChI=1S/C21H23N3O3/c1-27-16-6-4-5-14(11-16)13-22-20(25)15-8-9-18-17(12-15)23-21(26)19-7-2-3-10-24(18)19/h4-6,8-9,11-12,19H,2-3,7,10,13H2,1H3,(H,22,25)(H,23,26)/t19-/m1/s1. The molecule has 4 rings (SSSR count). The number of carbonyl (C=O) groups is 2. The molecule has 27 heavy (non-hydrogen) atoms. The minimum absolute atomic E-state index is 0.0242. The van der Waals surface area contributed by atoms with Crippen molar-refractivity contribution in [2.24, 2.45) is 0 Å². The first-order chi connectivity index (χ1) is 13.2. The molecule has 0 spiro atoms. The van der Waals surface area contributed by atoms with Gasteiger partial charge in [-0.2, -0.15) is 0 Å². The quantitative estimate of drug-likeness (QED) is 0.874. The summed E-state index contributed by atoms with van der Waals surface area (Å²) in [6.07, 6.45) is 3.05. The lowest BCUT2D eigenvalue weighted by molar-refractivity contribution is -0.118. The Morgan fingerprint density at radius 1 is 1.26 bits per heavy atom. The van der Waals surface area contributed by atoms with Crippen molar-refractivity contribution in [1.29, 1.82) is 0 Å². The molecule has 0 aromatic heterocycles. The van der Waals surface area contributed by atoms with Gasteiger partial charge in [-0.3, -0.25) is 9.59 Å². The van der Waals surface area contributed by atoms with E-state index in [1.807, 2.05) is 36.4 Å². The maximum Gasteiger partial charge on any atom is 0.251 e. The number of ether oxygens (including phenoxy) is 1. The lowest BCUT2D eigenvalue weighted by Crippen LogP contribution is -2.50. The summed E-state index contributed by atoms with van der Waals surface area (Å²) in [5.41, 5.74) is 3.22. The van der Waals surface area contributed by atoms with E-state index in [4.69, 9.17) is 4.74 Å². The number of carbonyl (C=O) groups excluding carboxylic acids is 2. The molecule has 0 aliphatic carbocycles. The fourth-order valence-corrected chi connectivity index (χ4v) is 3.80. The van der Waals surface area contributed by atoms with Crippen LogP contribution in [0.2, 0.25) is 0 Å². The molecule has 6 heteroatoms. The Morgan fingerprint density at radius 2 is 2.15 bits per heavy atom. The third-order valence-electron chi connectivity index (χ3n) is 5.22. The van der Waals surface area contributed by atoms with E-state index in [1.54, 1.807) is 13.2 Å². The van der Waals surface area contributed by atoms with Crippen LogP contribution in [0.15, 0.2) is 42.5 Å². The van der Waals surface area contributed by atoms with Crippen LogP contribution in [-0.2, 0) is 11.3 Å².